The van der Waals surface area contributed by atoms with Crippen LogP contribution < -0.4 is 10.5 Å². The largest absolute Gasteiger partial charge is 0.496 e. The molecular weight excluding hydrogens is 236 g/mol. The summed E-state index contributed by atoms with van der Waals surface area (Å²) in [5.41, 5.74) is 9.62. The number of benzene rings is 1. The first-order chi connectivity index (χ1) is 8.93. The minimum atomic E-state index is 0.295. The second kappa shape index (κ2) is 7.51. The summed E-state index contributed by atoms with van der Waals surface area (Å²) in [4.78, 5) is 2.34. The van der Waals surface area contributed by atoms with Crippen LogP contribution in [-0.4, -0.2) is 31.6 Å². The predicted octanol–water partition coefficient (Wildman–Crippen LogP) is 2.87. The van der Waals surface area contributed by atoms with Crippen molar-refractivity contribution >= 4 is 0 Å². The van der Waals surface area contributed by atoms with Crippen molar-refractivity contribution in [3.63, 3.8) is 0 Å². The van der Waals surface area contributed by atoms with Crippen molar-refractivity contribution in [2.24, 2.45) is 5.73 Å². The van der Waals surface area contributed by atoms with E-state index in [1.807, 2.05) is 0 Å². The summed E-state index contributed by atoms with van der Waals surface area (Å²) in [6.45, 7) is 8.31. The number of rotatable bonds is 7. The van der Waals surface area contributed by atoms with Gasteiger partial charge in [0.25, 0.3) is 0 Å². The van der Waals surface area contributed by atoms with E-state index in [0.29, 0.717) is 6.04 Å². The third kappa shape index (κ3) is 5.21. The van der Waals surface area contributed by atoms with Crippen LogP contribution in [0.2, 0.25) is 0 Å². The molecule has 0 aliphatic heterocycles. The van der Waals surface area contributed by atoms with Crippen molar-refractivity contribution in [2.75, 3.05) is 20.7 Å². The Kier molecular flexibility index (Phi) is 6.32. The second-order valence-electron chi connectivity index (χ2n) is 5.62. The van der Waals surface area contributed by atoms with Crippen LogP contribution in [0.5, 0.6) is 5.75 Å². The molecule has 1 rings (SSSR count). The van der Waals surface area contributed by atoms with Crippen molar-refractivity contribution in [3.8, 4) is 5.75 Å². The average molecular weight is 264 g/mol. The molecule has 0 saturated carbocycles. The molecule has 0 aliphatic rings. The van der Waals surface area contributed by atoms with Gasteiger partial charge in [-0.25, -0.2) is 0 Å². The maximum atomic E-state index is 5.78. The van der Waals surface area contributed by atoms with E-state index >= 15 is 0 Å². The van der Waals surface area contributed by atoms with Gasteiger partial charge in [0.1, 0.15) is 5.75 Å². The zero-order valence-corrected chi connectivity index (χ0v) is 13.0. The minimum absolute atomic E-state index is 0.295. The standard InChI is InChI=1S/C16H28N2O/c1-12-9-13(2)15(16(10-12)19-5)11-18(4)8-6-7-14(3)17/h9-10,14H,6-8,11,17H2,1-5H3. The molecule has 2 N–H and O–H groups in total. The van der Waals surface area contributed by atoms with Gasteiger partial charge in [-0.15, -0.1) is 0 Å². The van der Waals surface area contributed by atoms with Gasteiger partial charge in [0, 0.05) is 18.2 Å². The third-order valence-corrected chi connectivity index (χ3v) is 3.42. The normalized spacial score (nSPS) is 12.8. The number of hydrogen-bond acceptors (Lipinski definition) is 3. The Balaban J connectivity index is 2.65. The maximum absolute atomic E-state index is 5.78. The molecule has 1 aromatic rings. The van der Waals surface area contributed by atoms with E-state index < -0.39 is 0 Å². The molecule has 0 amide bonds. The Morgan fingerprint density at radius 2 is 2.00 bits per heavy atom. The van der Waals surface area contributed by atoms with Gasteiger partial charge in [-0.2, -0.15) is 0 Å². The molecule has 1 unspecified atom stereocenters. The van der Waals surface area contributed by atoms with Gasteiger partial charge in [-0.05, 0) is 64.4 Å². The summed E-state index contributed by atoms with van der Waals surface area (Å²) >= 11 is 0. The Morgan fingerprint density at radius 3 is 2.58 bits per heavy atom. The molecule has 1 atom stereocenters. The highest BCUT2D eigenvalue weighted by Gasteiger charge is 2.10. The Bertz CT molecular complexity index is 402. The van der Waals surface area contributed by atoms with E-state index in [1.54, 1.807) is 7.11 Å². The molecular formula is C16H28N2O. The van der Waals surface area contributed by atoms with Gasteiger partial charge in [-0.1, -0.05) is 6.07 Å². The van der Waals surface area contributed by atoms with Crippen LogP contribution in [0.1, 0.15) is 36.5 Å². The van der Waals surface area contributed by atoms with Crippen LogP contribution >= 0.6 is 0 Å². The molecule has 0 aliphatic carbocycles. The number of hydrogen-bond donors (Lipinski definition) is 1. The monoisotopic (exact) mass is 264 g/mol. The first kappa shape index (κ1) is 16.0. The fraction of sp³-hybridized carbons (Fsp3) is 0.625. The minimum Gasteiger partial charge on any atom is -0.496 e. The van der Waals surface area contributed by atoms with Gasteiger partial charge < -0.3 is 15.4 Å². The van der Waals surface area contributed by atoms with E-state index in [1.165, 1.54) is 16.7 Å². The zero-order valence-electron chi connectivity index (χ0n) is 13.0. The molecule has 19 heavy (non-hydrogen) atoms. The van der Waals surface area contributed by atoms with E-state index in [2.05, 4.69) is 44.9 Å². The van der Waals surface area contributed by atoms with Crippen molar-refractivity contribution in [1.82, 2.24) is 4.90 Å². The van der Waals surface area contributed by atoms with Crippen LogP contribution in [0.25, 0.3) is 0 Å². The number of nitrogens with zero attached hydrogens (tertiary/aromatic N) is 1. The highest BCUT2D eigenvalue weighted by molar-refractivity contribution is 5.42. The lowest BCUT2D eigenvalue weighted by Crippen LogP contribution is -2.23. The molecule has 0 radical (unpaired) electrons. The molecule has 0 saturated heterocycles. The van der Waals surface area contributed by atoms with E-state index in [0.717, 1.165) is 31.7 Å². The third-order valence-electron chi connectivity index (χ3n) is 3.42. The summed E-state index contributed by atoms with van der Waals surface area (Å²) in [6.07, 6.45) is 2.22. The molecule has 0 heterocycles. The summed E-state index contributed by atoms with van der Waals surface area (Å²) in [5, 5.41) is 0. The number of methoxy groups -OCH3 is 1. The lowest BCUT2D eigenvalue weighted by atomic mass is 10.0. The van der Waals surface area contributed by atoms with Gasteiger partial charge in [0.05, 0.1) is 7.11 Å². The maximum Gasteiger partial charge on any atom is 0.123 e. The molecule has 0 fully saturated rings. The molecule has 0 spiro atoms. The first-order valence-electron chi connectivity index (χ1n) is 7.02. The van der Waals surface area contributed by atoms with E-state index in [4.69, 9.17) is 10.5 Å². The number of nitrogens with two attached hydrogens (primary N) is 1. The molecule has 0 aromatic heterocycles. The summed E-state index contributed by atoms with van der Waals surface area (Å²) in [5.74, 6) is 0.997. The zero-order chi connectivity index (χ0) is 14.4. The Labute approximate surface area is 117 Å². The lowest BCUT2D eigenvalue weighted by molar-refractivity contribution is 0.306. The Hall–Kier alpha value is -1.06. The van der Waals surface area contributed by atoms with Crippen molar-refractivity contribution in [2.45, 2.75) is 46.2 Å². The summed E-state index contributed by atoms with van der Waals surface area (Å²) in [6, 6.07) is 4.62. The fourth-order valence-electron chi connectivity index (χ4n) is 2.38. The lowest BCUT2D eigenvalue weighted by Gasteiger charge is -2.21. The highest BCUT2D eigenvalue weighted by Crippen LogP contribution is 2.25. The first-order valence-corrected chi connectivity index (χ1v) is 7.02. The van der Waals surface area contributed by atoms with E-state index in [9.17, 15) is 0 Å². The van der Waals surface area contributed by atoms with E-state index in [-0.39, 0.29) is 0 Å². The van der Waals surface area contributed by atoms with Crippen LogP contribution in [0, 0.1) is 13.8 Å². The summed E-state index contributed by atoms with van der Waals surface area (Å²) < 4.78 is 5.50. The smallest absolute Gasteiger partial charge is 0.123 e. The second-order valence-corrected chi connectivity index (χ2v) is 5.62. The molecule has 3 heteroatoms. The van der Waals surface area contributed by atoms with Crippen molar-refractivity contribution < 1.29 is 4.74 Å². The quantitative estimate of drug-likeness (QED) is 0.823. The topological polar surface area (TPSA) is 38.5 Å². The molecule has 1 aromatic carbocycles. The van der Waals surface area contributed by atoms with Crippen LogP contribution in [0.15, 0.2) is 12.1 Å². The average Bonchev–Trinajstić information content (AvgIpc) is 2.31. The highest BCUT2D eigenvalue weighted by atomic mass is 16.5. The summed E-state index contributed by atoms with van der Waals surface area (Å²) in [7, 11) is 3.90. The fourth-order valence-corrected chi connectivity index (χ4v) is 2.38. The van der Waals surface area contributed by atoms with Gasteiger partial charge in [-0.3, -0.25) is 0 Å². The SMILES string of the molecule is COc1cc(C)cc(C)c1CN(C)CCCC(C)N. The van der Waals surface area contributed by atoms with Crippen molar-refractivity contribution in [1.29, 1.82) is 0 Å². The molecule has 3 nitrogen and oxygen atoms in total. The Morgan fingerprint density at radius 1 is 1.32 bits per heavy atom. The number of aryl methyl sites for hydroxylation is 2. The van der Waals surface area contributed by atoms with Crippen LogP contribution in [0.4, 0.5) is 0 Å². The van der Waals surface area contributed by atoms with Crippen LogP contribution in [-0.2, 0) is 6.54 Å². The van der Waals surface area contributed by atoms with Crippen LogP contribution in [0.3, 0.4) is 0 Å². The molecule has 108 valence electrons. The van der Waals surface area contributed by atoms with Gasteiger partial charge in [0.2, 0.25) is 0 Å². The predicted molar refractivity (Wildman–Crippen MR) is 81.7 cm³/mol. The number of ether oxygens (including phenoxy) is 1. The van der Waals surface area contributed by atoms with Crippen molar-refractivity contribution in [3.05, 3.63) is 28.8 Å². The van der Waals surface area contributed by atoms with Gasteiger partial charge in [0.15, 0.2) is 0 Å². The van der Waals surface area contributed by atoms with Gasteiger partial charge >= 0.3 is 0 Å². The molecule has 0 bridgehead atoms.